The molecular weight excluding hydrogens is 262 g/mol. The van der Waals surface area contributed by atoms with Gasteiger partial charge in [0.25, 0.3) is 0 Å². The molecule has 0 fully saturated rings. The van der Waals surface area contributed by atoms with Gasteiger partial charge in [-0.15, -0.1) is 0 Å². The van der Waals surface area contributed by atoms with Gasteiger partial charge in [0, 0.05) is 18.7 Å². The fraction of sp³-hybridized carbons (Fsp3) is 0.538. The Balaban J connectivity index is 2.35. The summed E-state index contributed by atoms with van der Waals surface area (Å²) >= 11 is 0. The van der Waals surface area contributed by atoms with E-state index in [4.69, 9.17) is 4.74 Å². The summed E-state index contributed by atoms with van der Waals surface area (Å²) in [5.41, 5.74) is 0.516. The van der Waals surface area contributed by atoms with Gasteiger partial charge in [0.1, 0.15) is 12.4 Å². The number of alkyl halides is 3. The second kappa shape index (κ2) is 5.36. The quantitative estimate of drug-likeness (QED) is 0.781. The molecule has 0 spiro atoms. The minimum atomic E-state index is -4.35. The first-order chi connectivity index (χ1) is 8.92. The lowest BCUT2D eigenvalue weighted by Crippen LogP contribution is -2.39. The summed E-state index contributed by atoms with van der Waals surface area (Å²) < 4.78 is 56.9. The highest BCUT2D eigenvalue weighted by atomic mass is 19.4. The van der Waals surface area contributed by atoms with Crippen molar-refractivity contribution in [2.24, 2.45) is 0 Å². The van der Waals surface area contributed by atoms with Crippen molar-refractivity contribution in [1.82, 2.24) is 0 Å². The summed E-state index contributed by atoms with van der Waals surface area (Å²) in [6.45, 7) is 1.25. The van der Waals surface area contributed by atoms with Crippen LogP contribution in [0.25, 0.3) is 0 Å². The van der Waals surface area contributed by atoms with Gasteiger partial charge in [-0.1, -0.05) is 12.1 Å². The number of hydrogen-bond donors (Lipinski definition) is 0. The Labute approximate surface area is 109 Å². The van der Waals surface area contributed by atoms with Crippen molar-refractivity contribution in [3.05, 3.63) is 29.6 Å². The van der Waals surface area contributed by atoms with E-state index in [-0.39, 0.29) is 18.3 Å². The molecule has 0 amide bonds. The third-order valence-electron chi connectivity index (χ3n) is 3.08. The Bertz CT molecular complexity index is 447. The lowest BCUT2D eigenvalue weighted by Gasteiger charge is -2.36. The van der Waals surface area contributed by atoms with Crippen molar-refractivity contribution in [3.8, 4) is 0 Å². The topological polar surface area (TPSA) is 12.5 Å². The Hall–Kier alpha value is -1.30. The van der Waals surface area contributed by atoms with Crippen LogP contribution in [-0.4, -0.2) is 25.9 Å². The van der Waals surface area contributed by atoms with Crippen LogP contribution in [0.5, 0.6) is 0 Å². The first-order valence-corrected chi connectivity index (χ1v) is 6.14. The van der Waals surface area contributed by atoms with Crippen LogP contribution < -0.4 is 4.90 Å². The van der Waals surface area contributed by atoms with Crippen molar-refractivity contribution in [2.45, 2.75) is 25.6 Å². The first kappa shape index (κ1) is 14.1. The van der Waals surface area contributed by atoms with E-state index in [2.05, 4.69) is 0 Å². The summed E-state index contributed by atoms with van der Waals surface area (Å²) in [5.74, 6) is -0.633. The highest BCUT2D eigenvalue weighted by Gasteiger charge is 2.36. The molecule has 1 atom stereocenters. The van der Waals surface area contributed by atoms with Crippen LogP contribution in [0.1, 0.15) is 25.0 Å². The van der Waals surface area contributed by atoms with Crippen molar-refractivity contribution in [3.63, 3.8) is 0 Å². The van der Waals surface area contributed by atoms with E-state index in [1.54, 1.807) is 13.0 Å². The van der Waals surface area contributed by atoms with Crippen molar-refractivity contribution >= 4 is 5.69 Å². The van der Waals surface area contributed by atoms with E-state index in [0.717, 1.165) is 4.90 Å². The summed E-state index contributed by atoms with van der Waals surface area (Å²) in [7, 11) is 0. The smallest absolute Gasteiger partial charge is 0.374 e. The van der Waals surface area contributed by atoms with Crippen LogP contribution in [0.15, 0.2) is 18.2 Å². The molecule has 2 rings (SSSR count). The molecule has 106 valence electrons. The van der Waals surface area contributed by atoms with Gasteiger partial charge >= 0.3 is 6.18 Å². The predicted molar refractivity (Wildman–Crippen MR) is 63.7 cm³/mol. The van der Waals surface area contributed by atoms with E-state index >= 15 is 0 Å². The molecule has 1 unspecified atom stereocenters. The van der Waals surface area contributed by atoms with Crippen LogP contribution >= 0.6 is 0 Å². The fourth-order valence-corrected chi connectivity index (χ4v) is 2.41. The second-order valence-corrected chi connectivity index (χ2v) is 4.45. The molecule has 0 N–H and O–H groups in total. The molecule has 6 heteroatoms. The van der Waals surface area contributed by atoms with E-state index < -0.39 is 18.5 Å². The van der Waals surface area contributed by atoms with Gasteiger partial charge in [-0.25, -0.2) is 4.39 Å². The maximum atomic E-state index is 13.8. The van der Waals surface area contributed by atoms with E-state index in [1.165, 1.54) is 12.1 Å². The minimum Gasteiger partial charge on any atom is -0.374 e. The number of ether oxygens (including phenoxy) is 1. The average molecular weight is 277 g/mol. The molecule has 0 bridgehead atoms. The third-order valence-corrected chi connectivity index (χ3v) is 3.08. The molecule has 1 aromatic carbocycles. The number of nitrogens with zero attached hydrogens (tertiary/aromatic N) is 1. The largest absolute Gasteiger partial charge is 0.405 e. The summed E-state index contributed by atoms with van der Waals surface area (Å²) in [6, 6.07) is 4.30. The molecule has 0 aromatic heterocycles. The summed E-state index contributed by atoms with van der Waals surface area (Å²) in [4.78, 5) is 1.04. The number of rotatable bonds is 3. The highest BCUT2D eigenvalue weighted by molar-refractivity contribution is 5.57. The first-order valence-electron chi connectivity index (χ1n) is 6.14. The molecule has 0 saturated heterocycles. The molecule has 0 saturated carbocycles. The van der Waals surface area contributed by atoms with Gasteiger partial charge < -0.3 is 9.64 Å². The molecule has 19 heavy (non-hydrogen) atoms. The van der Waals surface area contributed by atoms with Crippen molar-refractivity contribution in [2.75, 3.05) is 24.6 Å². The van der Waals surface area contributed by atoms with Crippen molar-refractivity contribution in [1.29, 1.82) is 0 Å². The van der Waals surface area contributed by atoms with Crippen LogP contribution in [0.4, 0.5) is 23.2 Å². The average Bonchev–Trinajstić information content (AvgIpc) is 2.31. The molecule has 2 nitrogen and oxygen atoms in total. The Morgan fingerprint density at radius 3 is 2.74 bits per heavy atom. The highest BCUT2D eigenvalue weighted by Crippen LogP contribution is 2.38. The number of hydrogen-bond acceptors (Lipinski definition) is 2. The fourth-order valence-electron chi connectivity index (χ4n) is 2.41. The van der Waals surface area contributed by atoms with Crippen LogP contribution in [0, 0.1) is 5.82 Å². The van der Waals surface area contributed by atoms with Gasteiger partial charge in [0.2, 0.25) is 0 Å². The van der Waals surface area contributed by atoms with E-state index in [0.29, 0.717) is 18.6 Å². The zero-order valence-electron chi connectivity index (χ0n) is 10.5. The molecule has 0 aliphatic carbocycles. The van der Waals surface area contributed by atoms with E-state index in [9.17, 15) is 17.6 Å². The lowest BCUT2D eigenvalue weighted by molar-refractivity contribution is -0.120. The van der Waals surface area contributed by atoms with Crippen LogP contribution in [0.2, 0.25) is 0 Å². The Kier molecular flexibility index (Phi) is 3.99. The number of para-hydroxylation sites is 1. The summed E-state index contributed by atoms with van der Waals surface area (Å²) in [6.07, 6.45) is -4.25. The van der Waals surface area contributed by atoms with Gasteiger partial charge in [0.05, 0.1) is 11.8 Å². The minimum absolute atomic E-state index is 0.0181. The monoisotopic (exact) mass is 277 g/mol. The van der Waals surface area contributed by atoms with Gasteiger partial charge in [-0.05, 0) is 19.4 Å². The van der Waals surface area contributed by atoms with Gasteiger partial charge in [-0.2, -0.15) is 13.2 Å². The normalized spacial score (nSPS) is 19.4. The van der Waals surface area contributed by atoms with Gasteiger partial charge in [0.15, 0.2) is 0 Å². The molecule has 1 heterocycles. The maximum absolute atomic E-state index is 13.8. The molecule has 1 aromatic rings. The Morgan fingerprint density at radius 1 is 1.37 bits per heavy atom. The molecular formula is C13H15F4NO. The van der Waals surface area contributed by atoms with Crippen LogP contribution in [0.3, 0.4) is 0 Å². The third kappa shape index (κ3) is 3.18. The number of benzene rings is 1. The number of anilines is 1. The second-order valence-electron chi connectivity index (χ2n) is 4.45. The SMILES string of the molecule is CCOC1CCN(CC(F)(F)F)c2c(F)cccc21. The van der Waals surface area contributed by atoms with Gasteiger partial charge in [-0.3, -0.25) is 0 Å². The molecule has 0 radical (unpaired) electrons. The van der Waals surface area contributed by atoms with Crippen LogP contribution in [-0.2, 0) is 4.74 Å². The standard InChI is InChI=1S/C13H15F4NO/c1-2-19-11-6-7-18(8-13(15,16)17)12-9(11)4-3-5-10(12)14/h3-5,11H,2,6-8H2,1H3. The number of halogens is 4. The van der Waals surface area contributed by atoms with E-state index in [1.807, 2.05) is 0 Å². The molecule has 1 aliphatic rings. The summed E-state index contributed by atoms with van der Waals surface area (Å²) in [5, 5.41) is 0. The number of fused-ring (bicyclic) bond motifs is 1. The molecule has 1 aliphatic heterocycles. The lowest BCUT2D eigenvalue weighted by atomic mass is 9.98. The predicted octanol–water partition coefficient (Wildman–Crippen LogP) is 3.68. The van der Waals surface area contributed by atoms with Crippen molar-refractivity contribution < 1.29 is 22.3 Å². The zero-order chi connectivity index (χ0) is 14.0. The maximum Gasteiger partial charge on any atom is 0.405 e. The Morgan fingerprint density at radius 2 is 2.11 bits per heavy atom. The zero-order valence-corrected chi connectivity index (χ0v) is 10.5.